The molecule has 2 rings (SSSR count). The highest BCUT2D eigenvalue weighted by atomic mass is 35.5. The van der Waals surface area contributed by atoms with Crippen LogP contribution in [-0.4, -0.2) is 66.4 Å². The number of aliphatic hydroxyl groups excluding tert-OH is 1. The molecule has 1 aromatic carbocycles. The molecule has 0 aromatic heterocycles. The lowest BCUT2D eigenvalue weighted by Crippen LogP contribution is -2.48. The molecule has 1 aliphatic heterocycles. The van der Waals surface area contributed by atoms with Gasteiger partial charge < -0.3 is 9.84 Å². The van der Waals surface area contributed by atoms with Gasteiger partial charge in [0.2, 0.25) is 0 Å². The number of ether oxygens (including phenoxy) is 1. The van der Waals surface area contributed by atoms with Gasteiger partial charge in [0.1, 0.15) is 0 Å². The summed E-state index contributed by atoms with van der Waals surface area (Å²) < 4.78 is 5.46. The monoisotopic (exact) mass is 364 g/mol. The average Bonchev–Trinajstić information content (AvgIpc) is 2.48. The molecule has 0 aliphatic carbocycles. The molecule has 0 radical (unpaired) electrons. The van der Waals surface area contributed by atoms with Crippen LogP contribution in [0.5, 0.6) is 0 Å². The van der Waals surface area contributed by atoms with E-state index in [1.807, 2.05) is 13.8 Å². The van der Waals surface area contributed by atoms with Crippen LogP contribution in [0.3, 0.4) is 0 Å². The molecule has 0 spiro atoms. The molecule has 1 N–H and O–H groups in total. The number of β-amino-alcohol motifs (C(OH)–C–C–N with tert-alkyl or cyclic N) is 1. The van der Waals surface area contributed by atoms with Gasteiger partial charge in [-0.2, -0.15) is 0 Å². The van der Waals surface area contributed by atoms with Gasteiger partial charge in [0, 0.05) is 39.3 Å². The lowest BCUT2D eigenvalue weighted by molar-refractivity contribution is -0.0148. The highest BCUT2D eigenvalue weighted by Crippen LogP contribution is 2.09. The van der Waals surface area contributed by atoms with E-state index in [1.165, 1.54) is 5.56 Å². The zero-order valence-electron chi connectivity index (χ0n) is 14.1. The van der Waals surface area contributed by atoms with Crippen molar-refractivity contribution >= 4 is 24.8 Å². The summed E-state index contributed by atoms with van der Waals surface area (Å²) in [6.07, 6.45) is -0.199. The van der Waals surface area contributed by atoms with E-state index in [4.69, 9.17) is 4.74 Å². The molecule has 0 amide bonds. The third kappa shape index (κ3) is 8.89. The maximum Gasteiger partial charge on any atom is 0.0900 e. The Balaban J connectivity index is 0.00000242. The lowest BCUT2D eigenvalue weighted by atomic mass is 10.2. The van der Waals surface area contributed by atoms with Crippen molar-refractivity contribution in [2.45, 2.75) is 32.6 Å². The second-order valence-corrected chi connectivity index (χ2v) is 6.10. The molecule has 0 bridgehead atoms. The number of rotatable bonds is 7. The quantitative estimate of drug-likeness (QED) is 0.805. The van der Waals surface area contributed by atoms with Crippen molar-refractivity contribution < 1.29 is 9.84 Å². The van der Waals surface area contributed by atoms with Crippen molar-refractivity contribution in [2.75, 3.05) is 39.3 Å². The van der Waals surface area contributed by atoms with Crippen LogP contribution in [0.1, 0.15) is 19.4 Å². The van der Waals surface area contributed by atoms with E-state index < -0.39 is 0 Å². The number of hydrogen-bond acceptors (Lipinski definition) is 4. The normalized spacial score (nSPS) is 17.4. The van der Waals surface area contributed by atoms with Crippen molar-refractivity contribution in [3.63, 3.8) is 0 Å². The Bertz CT molecular complexity index is 399. The summed E-state index contributed by atoms with van der Waals surface area (Å²) in [4.78, 5) is 4.80. The lowest BCUT2D eigenvalue weighted by Gasteiger charge is -2.35. The zero-order valence-corrected chi connectivity index (χ0v) is 15.7. The highest BCUT2D eigenvalue weighted by molar-refractivity contribution is 5.85. The van der Waals surface area contributed by atoms with Gasteiger partial charge in [0.05, 0.1) is 18.8 Å². The second-order valence-electron chi connectivity index (χ2n) is 6.10. The molecule has 1 aromatic rings. The van der Waals surface area contributed by atoms with Gasteiger partial charge >= 0.3 is 0 Å². The molecule has 1 saturated heterocycles. The summed E-state index contributed by atoms with van der Waals surface area (Å²) in [6, 6.07) is 10.6. The van der Waals surface area contributed by atoms with Gasteiger partial charge in [-0.15, -0.1) is 24.8 Å². The highest BCUT2D eigenvalue weighted by Gasteiger charge is 2.19. The third-order valence-electron chi connectivity index (χ3n) is 3.80. The number of piperazine rings is 1. The van der Waals surface area contributed by atoms with Crippen LogP contribution in [0.2, 0.25) is 0 Å². The van der Waals surface area contributed by atoms with Gasteiger partial charge in [-0.05, 0) is 19.4 Å². The first-order chi connectivity index (χ1) is 10.1. The van der Waals surface area contributed by atoms with Crippen LogP contribution in [0.25, 0.3) is 0 Å². The van der Waals surface area contributed by atoms with Crippen molar-refractivity contribution in [3.05, 3.63) is 35.9 Å². The fourth-order valence-electron chi connectivity index (χ4n) is 2.63. The van der Waals surface area contributed by atoms with Crippen molar-refractivity contribution in [3.8, 4) is 0 Å². The van der Waals surface area contributed by atoms with E-state index in [2.05, 4.69) is 40.1 Å². The minimum atomic E-state index is -0.381. The minimum Gasteiger partial charge on any atom is -0.389 e. The number of nitrogens with zero attached hydrogens (tertiary/aromatic N) is 2. The van der Waals surface area contributed by atoms with Crippen molar-refractivity contribution in [2.24, 2.45) is 0 Å². The maximum atomic E-state index is 9.97. The number of halogens is 2. The molecule has 4 nitrogen and oxygen atoms in total. The van der Waals surface area contributed by atoms with Gasteiger partial charge in [-0.25, -0.2) is 0 Å². The Morgan fingerprint density at radius 2 is 1.57 bits per heavy atom. The maximum absolute atomic E-state index is 9.97. The van der Waals surface area contributed by atoms with Gasteiger partial charge in [-0.1, -0.05) is 30.3 Å². The third-order valence-corrected chi connectivity index (χ3v) is 3.80. The summed E-state index contributed by atoms with van der Waals surface area (Å²) >= 11 is 0. The largest absolute Gasteiger partial charge is 0.389 e. The second kappa shape index (κ2) is 12.1. The minimum absolute atomic E-state index is 0. The zero-order chi connectivity index (χ0) is 15.1. The smallest absolute Gasteiger partial charge is 0.0900 e. The molecular formula is C17H30Cl2N2O2. The molecule has 6 heteroatoms. The molecule has 134 valence electrons. The Morgan fingerprint density at radius 3 is 2.13 bits per heavy atom. The van der Waals surface area contributed by atoms with E-state index in [-0.39, 0.29) is 37.0 Å². The molecule has 1 fully saturated rings. The van der Waals surface area contributed by atoms with E-state index in [0.29, 0.717) is 13.2 Å². The van der Waals surface area contributed by atoms with Crippen LogP contribution in [0.4, 0.5) is 0 Å². The molecule has 1 aliphatic rings. The Kier molecular flexibility index (Phi) is 11.9. The molecule has 1 unspecified atom stereocenters. The van der Waals surface area contributed by atoms with Crippen molar-refractivity contribution in [1.29, 1.82) is 0 Å². The fraction of sp³-hybridized carbons (Fsp3) is 0.647. The van der Waals surface area contributed by atoms with Crippen molar-refractivity contribution in [1.82, 2.24) is 9.80 Å². The predicted octanol–water partition coefficient (Wildman–Crippen LogP) is 2.43. The van der Waals surface area contributed by atoms with E-state index in [9.17, 15) is 5.11 Å². The van der Waals surface area contributed by atoms with E-state index in [0.717, 1.165) is 32.7 Å². The Hall–Kier alpha value is -0.360. The molecular weight excluding hydrogens is 335 g/mol. The first-order valence-electron chi connectivity index (χ1n) is 7.92. The molecule has 1 heterocycles. The van der Waals surface area contributed by atoms with Crippen LogP contribution in [0.15, 0.2) is 30.3 Å². The number of aliphatic hydroxyl groups is 1. The van der Waals surface area contributed by atoms with E-state index in [1.54, 1.807) is 0 Å². The van der Waals surface area contributed by atoms with Crippen LogP contribution < -0.4 is 0 Å². The summed E-state index contributed by atoms with van der Waals surface area (Å²) in [5.74, 6) is 0. The standard InChI is InChI=1S/C17H28N2O2.2ClH/c1-15(2)21-14-17(20)13-19-10-8-18(9-11-19)12-16-6-4-3-5-7-16;;/h3-7,15,17,20H,8-14H2,1-2H3;2*1H. The summed E-state index contributed by atoms with van der Waals surface area (Å²) in [5, 5.41) is 9.97. The predicted molar refractivity (Wildman–Crippen MR) is 99.7 cm³/mol. The molecule has 1 atom stereocenters. The first kappa shape index (κ1) is 22.6. The molecule has 23 heavy (non-hydrogen) atoms. The SMILES string of the molecule is CC(C)OCC(O)CN1CCN(Cc2ccccc2)CC1.Cl.Cl. The molecule has 0 saturated carbocycles. The number of hydrogen-bond donors (Lipinski definition) is 1. The Labute approximate surface area is 152 Å². The van der Waals surface area contributed by atoms with Gasteiger partial charge in [-0.3, -0.25) is 9.80 Å². The van der Waals surface area contributed by atoms with E-state index >= 15 is 0 Å². The summed E-state index contributed by atoms with van der Waals surface area (Å²) in [7, 11) is 0. The fourth-order valence-corrected chi connectivity index (χ4v) is 2.63. The number of benzene rings is 1. The van der Waals surface area contributed by atoms with Crippen LogP contribution in [-0.2, 0) is 11.3 Å². The summed E-state index contributed by atoms with van der Waals surface area (Å²) in [5.41, 5.74) is 1.37. The summed E-state index contributed by atoms with van der Waals surface area (Å²) in [6.45, 7) is 10.3. The first-order valence-corrected chi connectivity index (χ1v) is 7.92. The van der Waals surface area contributed by atoms with Gasteiger partial charge in [0.25, 0.3) is 0 Å². The van der Waals surface area contributed by atoms with Crippen LogP contribution >= 0.6 is 24.8 Å². The average molecular weight is 365 g/mol. The Morgan fingerprint density at radius 1 is 1.00 bits per heavy atom. The topological polar surface area (TPSA) is 35.9 Å². The van der Waals surface area contributed by atoms with Gasteiger partial charge in [0.15, 0.2) is 0 Å². The van der Waals surface area contributed by atoms with Crippen LogP contribution in [0, 0.1) is 0 Å².